The first-order valence-electron chi connectivity index (χ1n) is 4.59. The molecular formula is C12H14. The molecule has 2 rings (SSSR count). The van der Waals surface area contributed by atoms with Crippen molar-refractivity contribution in [1.29, 1.82) is 0 Å². The zero-order chi connectivity index (χ0) is 8.39. The Morgan fingerprint density at radius 1 is 1.08 bits per heavy atom. The standard InChI is InChI=1S/C12H14/c1-10-7-8-11-5-3-2-4-6-12(11)9-10/h2-3,7-9H,4-6H2,1H3. The van der Waals surface area contributed by atoms with Crippen molar-refractivity contribution in [1.82, 2.24) is 0 Å². The molecule has 1 aromatic carbocycles. The molecule has 12 heavy (non-hydrogen) atoms. The molecule has 0 heteroatoms. The van der Waals surface area contributed by atoms with Crippen LogP contribution in [0.4, 0.5) is 0 Å². The second-order valence-electron chi connectivity index (χ2n) is 3.49. The van der Waals surface area contributed by atoms with Crippen LogP contribution in [0.1, 0.15) is 23.1 Å². The fraction of sp³-hybridized carbons (Fsp3) is 0.333. The fourth-order valence-corrected chi connectivity index (χ4v) is 1.75. The minimum atomic E-state index is 1.12. The van der Waals surface area contributed by atoms with Gasteiger partial charge in [0.1, 0.15) is 0 Å². The average molecular weight is 158 g/mol. The van der Waals surface area contributed by atoms with E-state index in [1.807, 2.05) is 0 Å². The van der Waals surface area contributed by atoms with Crippen molar-refractivity contribution in [3.8, 4) is 0 Å². The molecule has 1 aromatic rings. The second kappa shape index (κ2) is 3.14. The topological polar surface area (TPSA) is 0 Å². The van der Waals surface area contributed by atoms with E-state index < -0.39 is 0 Å². The Morgan fingerprint density at radius 2 is 2.00 bits per heavy atom. The Kier molecular flexibility index (Phi) is 1.99. The minimum absolute atomic E-state index is 1.12. The van der Waals surface area contributed by atoms with E-state index in [1.165, 1.54) is 24.0 Å². The Bertz CT molecular complexity index is 308. The van der Waals surface area contributed by atoms with Gasteiger partial charge in [-0.25, -0.2) is 0 Å². The van der Waals surface area contributed by atoms with Gasteiger partial charge in [0.25, 0.3) is 0 Å². The molecule has 0 amide bonds. The van der Waals surface area contributed by atoms with Crippen LogP contribution < -0.4 is 0 Å². The summed E-state index contributed by atoms with van der Waals surface area (Å²) >= 11 is 0. The van der Waals surface area contributed by atoms with E-state index in [2.05, 4.69) is 37.3 Å². The predicted molar refractivity (Wildman–Crippen MR) is 52.3 cm³/mol. The van der Waals surface area contributed by atoms with Crippen molar-refractivity contribution in [2.45, 2.75) is 26.2 Å². The Balaban J connectivity index is 2.42. The lowest BCUT2D eigenvalue weighted by atomic mass is 10.0. The van der Waals surface area contributed by atoms with E-state index in [0.717, 1.165) is 6.42 Å². The third-order valence-corrected chi connectivity index (χ3v) is 2.45. The molecule has 0 aromatic heterocycles. The molecule has 0 atom stereocenters. The van der Waals surface area contributed by atoms with Crippen LogP contribution in [0.2, 0.25) is 0 Å². The van der Waals surface area contributed by atoms with Crippen LogP contribution in [0.5, 0.6) is 0 Å². The maximum Gasteiger partial charge on any atom is -0.00947 e. The minimum Gasteiger partial charge on any atom is -0.0879 e. The molecule has 1 aliphatic carbocycles. The van der Waals surface area contributed by atoms with Crippen molar-refractivity contribution in [3.05, 3.63) is 47.0 Å². The van der Waals surface area contributed by atoms with Crippen molar-refractivity contribution in [2.75, 3.05) is 0 Å². The summed E-state index contributed by atoms with van der Waals surface area (Å²) in [6.07, 6.45) is 8.11. The number of allylic oxidation sites excluding steroid dienone is 2. The number of fused-ring (bicyclic) bond motifs is 1. The third-order valence-electron chi connectivity index (χ3n) is 2.45. The summed E-state index contributed by atoms with van der Waals surface area (Å²) in [6, 6.07) is 6.79. The van der Waals surface area contributed by atoms with Gasteiger partial charge in [-0.1, -0.05) is 35.9 Å². The second-order valence-corrected chi connectivity index (χ2v) is 3.49. The summed E-state index contributed by atoms with van der Waals surface area (Å²) in [5.41, 5.74) is 4.44. The van der Waals surface area contributed by atoms with Gasteiger partial charge in [-0.3, -0.25) is 0 Å². The first kappa shape index (κ1) is 7.60. The van der Waals surface area contributed by atoms with E-state index in [-0.39, 0.29) is 0 Å². The molecular weight excluding hydrogens is 144 g/mol. The van der Waals surface area contributed by atoms with Crippen LogP contribution in [0.15, 0.2) is 30.4 Å². The fourth-order valence-electron chi connectivity index (χ4n) is 1.75. The number of benzene rings is 1. The quantitative estimate of drug-likeness (QED) is 0.509. The molecule has 0 heterocycles. The first-order chi connectivity index (χ1) is 5.86. The molecule has 0 saturated carbocycles. The molecule has 0 N–H and O–H groups in total. The van der Waals surface area contributed by atoms with Crippen molar-refractivity contribution < 1.29 is 0 Å². The van der Waals surface area contributed by atoms with E-state index in [4.69, 9.17) is 0 Å². The molecule has 0 unspecified atom stereocenters. The highest BCUT2D eigenvalue weighted by Crippen LogP contribution is 2.17. The monoisotopic (exact) mass is 158 g/mol. The smallest absolute Gasteiger partial charge is 0.00947 e. The van der Waals surface area contributed by atoms with Crippen LogP contribution in [0.25, 0.3) is 0 Å². The molecule has 0 saturated heterocycles. The normalized spacial score (nSPS) is 15.4. The molecule has 0 radical (unpaired) electrons. The van der Waals surface area contributed by atoms with Gasteiger partial charge in [-0.15, -0.1) is 0 Å². The lowest BCUT2D eigenvalue weighted by Crippen LogP contribution is -1.90. The van der Waals surface area contributed by atoms with Crippen LogP contribution in [0.3, 0.4) is 0 Å². The molecule has 0 nitrogen and oxygen atoms in total. The Morgan fingerprint density at radius 3 is 2.92 bits per heavy atom. The highest BCUT2D eigenvalue weighted by atomic mass is 14.1. The van der Waals surface area contributed by atoms with E-state index >= 15 is 0 Å². The van der Waals surface area contributed by atoms with Crippen LogP contribution in [0, 0.1) is 6.92 Å². The van der Waals surface area contributed by atoms with Gasteiger partial charge in [-0.2, -0.15) is 0 Å². The molecule has 62 valence electrons. The third kappa shape index (κ3) is 1.42. The zero-order valence-electron chi connectivity index (χ0n) is 7.51. The van der Waals surface area contributed by atoms with Gasteiger partial charge in [0.2, 0.25) is 0 Å². The van der Waals surface area contributed by atoms with Crippen molar-refractivity contribution >= 4 is 0 Å². The maximum atomic E-state index is 2.32. The summed E-state index contributed by atoms with van der Waals surface area (Å²) in [4.78, 5) is 0. The SMILES string of the molecule is Cc1ccc2c(c1)CCC=CC2. The van der Waals surface area contributed by atoms with Crippen LogP contribution in [-0.4, -0.2) is 0 Å². The van der Waals surface area contributed by atoms with Crippen molar-refractivity contribution in [2.24, 2.45) is 0 Å². The number of hydrogen-bond acceptors (Lipinski definition) is 0. The van der Waals surface area contributed by atoms with Crippen LogP contribution >= 0.6 is 0 Å². The highest BCUT2D eigenvalue weighted by Gasteiger charge is 2.03. The maximum absolute atomic E-state index is 2.32. The summed E-state index contributed by atoms with van der Waals surface area (Å²) in [5, 5.41) is 0. The molecule has 0 fully saturated rings. The Hall–Kier alpha value is -1.04. The molecule has 0 aliphatic heterocycles. The molecule has 0 spiro atoms. The van der Waals surface area contributed by atoms with Crippen molar-refractivity contribution in [3.63, 3.8) is 0 Å². The summed E-state index contributed by atoms with van der Waals surface area (Å²) in [5.74, 6) is 0. The lowest BCUT2D eigenvalue weighted by Gasteiger charge is -2.05. The zero-order valence-corrected chi connectivity index (χ0v) is 7.51. The van der Waals surface area contributed by atoms with Gasteiger partial charge in [0.05, 0.1) is 0 Å². The number of aryl methyl sites for hydroxylation is 2. The highest BCUT2D eigenvalue weighted by molar-refractivity contribution is 5.34. The van der Waals surface area contributed by atoms with Gasteiger partial charge in [0, 0.05) is 0 Å². The summed E-state index contributed by atoms with van der Waals surface area (Å²) in [7, 11) is 0. The van der Waals surface area contributed by atoms with Gasteiger partial charge < -0.3 is 0 Å². The number of rotatable bonds is 0. The first-order valence-corrected chi connectivity index (χ1v) is 4.59. The largest absolute Gasteiger partial charge is 0.0879 e. The summed E-state index contributed by atoms with van der Waals surface area (Å²) in [6.45, 7) is 2.17. The van der Waals surface area contributed by atoms with Gasteiger partial charge in [-0.05, 0) is 37.3 Å². The Labute approximate surface area is 73.9 Å². The average Bonchev–Trinajstić information content (AvgIpc) is 2.28. The lowest BCUT2D eigenvalue weighted by molar-refractivity contribution is 0.997. The van der Waals surface area contributed by atoms with E-state index in [0.29, 0.717) is 0 Å². The van der Waals surface area contributed by atoms with Crippen LogP contribution in [-0.2, 0) is 12.8 Å². The number of hydrogen-bond donors (Lipinski definition) is 0. The van der Waals surface area contributed by atoms with Gasteiger partial charge >= 0.3 is 0 Å². The van der Waals surface area contributed by atoms with E-state index in [9.17, 15) is 0 Å². The van der Waals surface area contributed by atoms with Gasteiger partial charge in [0.15, 0.2) is 0 Å². The van der Waals surface area contributed by atoms with E-state index in [1.54, 1.807) is 5.56 Å². The summed E-state index contributed by atoms with van der Waals surface area (Å²) < 4.78 is 0. The molecule has 1 aliphatic rings. The predicted octanol–water partition coefficient (Wildman–Crippen LogP) is 3.04. The molecule has 0 bridgehead atoms.